The van der Waals surface area contributed by atoms with Crippen LogP contribution >= 0.6 is 0 Å². The molecule has 1 aromatic carbocycles. The summed E-state index contributed by atoms with van der Waals surface area (Å²) >= 11 is 0. The van der Waals surface area contributed by atoms with Crippen LogP contribution < -0.4 is 10.3 Å². The van der Waals surface area contributed by atoms with Crippen molar-refractivity contribution in [2.75, 3.05) is 16.9 Å². The maximum absolute atomic E-state index is 12.2. The minimum absolute atomic E-state index is 0.0334. The Hall–Kier alpha value is -2.70. The molecule has 1 aliphatic rings. The van der Waals surface area contributed by atoms with E-state index in [2.05, 4.69) is 21.7 Å². The van der Waals surface area contributed by atoms with E-state index < -0.39 is 0 Å². The molecule has 1 fully saturated rings. The molecule has 2 aromatic rings. The molecule has 1 unspecified atom stereocenters. The van der Waals surface area contributed by atoms with Crippen LogP contribution in [0.1, 0.15) is 17.5 Å². The Morgan fingerprint density at radius 1 is 1.18 bits per heavy atom. The minimum atomic E-state index is -0.379. The molecule has 3 rings (SSSR count). The Bertz CT molecular complexity index is 690. The summed E-state index contributed by atoms with van der Waals surface area (Å²) in [4.78, 5) is 26.1. The molecule has 0 radical (unpaired) electrons. The van der Waals surface area contributed by atoms with E-state index in [9.17, 15) is 9.59 Å². The number of aryl methyl sites for hydroxylation is 2. The highest BCUT2D eigenvalue weighted by molar-refractivity contribution is 6.01. The quantitative estimate of drug-likeness (QED) is 0.917. The number of amides is 2. The number of nitrogens with one attached hydrogen (secondary N) is 1. The number of anilines is 1. The number of hydrogen-bond donors (Lipinski definition) is 1. The summed E-state index contributed by atoms with van der Waals surface area (Å²) in [6, 6.07) is 5.98. The van der Waals surface area contributed by atoms with Crippen LogP contribution in [0.3, 0.4) is 0 Å². The lowest BCUT2D eigenvalue weighted by molar-refractivity contribution is -0.123. The summed E-state index contributed by atoms with van der Waals surface area (Å²) < 4.78 is 1.38. The van der Waals surface area contributed by atoms with Crippen LogP contribution in [0.4, 0.5) is 5.69 Å². The molecule has 2 amide bonds. The fourth-order valence-electron chi connectivity index (χ4n) is 2.72. The van der Waals surface area contributed by atoms with Crippen LogP contribution in [0.25, 0.3) is 0 Å². The van der Waals surface area contributed by atoms with E-state index in [1.807, 2.05) is 26.0 Å². The fraction of sp³-hybridized carbons (Fsp3) is 0.333. The van der Waals surface area contributed by atoms with Crippen molar-refractivity contribution in [3.8, 4) is 0 Å². The highest BCUT2D eigenvalue weighted by atomic mass is 16.2. The molecular weight excluding hydrogens is 282 g/mol. The molecule has 0 bridgehead atoms. The molecule has 2 heterocycles. The molecule has 7 heteroatoms. The van der Waals surface area contributed by atoms with Crippen molar-refractivity contribution in [1.29, 1.82) is 0 Å². The van der Waals surface area contributed by atoms with Crippen molar-refractivity contribution in [2.45, 2.75) is 20.3 Å². The summed E-state index contributed by atoms with van der Waals surface area (Å²) in [7, 11) is 0. The van der Waals surface area contributed by atoms with Crippen molar-refractivity contribution in [3.63, 3.8) is 0 Å². The van der Waals surface area contributed by atoms with Gasteiger partial charge >= 0.3 is 0 Å². The van der Waals surface area contributed by atoms with Crippen molar-refractivity contribution in [3.05, 3.63) is 42.0 Å². The number of carbonyl (C=O) groups excluding carboxylic acids is 2. The van der Waals surface area contributed by atoms with E-state index in [0.29, 0.717) is 6.54 Å². The van der Waals surface area contributed by atoms with Gasteiger partial charge in [-0.05, 0) is 37.1 Å². The smallest absolute Gasteiger partial charge is 0.244 e. The first-order valence-electron chi connectivity index (χ1n) is 7.07. The summed E-state index contributed by atoms with van der Waals surface area (Å²) in [6.45, 7) is 4.37. The lowest BCUT2D eigenvalue weighted by Gasteiger charge is -2.18. The van der Waals surface area contributed by atoms with Gasteiger partial charge in [0.15, 0.2) is 0 Å². The number of benzene rings is 1. The first-order chi connectivity index (χ1) is 10.5. The van der Waals surface area contributed by atoms with Crippen molar-refractivity contribution < 1.29 is 9.59 Å². The first kappa shape index (κ1) is 14.2. The zero-order valence-electron chi connectivity index (χ0n) is 12.5. The summed E-state index contributed by atoms with van der Waals surface area (Å²) in [5, 5.41) is 7.24. The van der Waals surface area contributed by atoms with Gasteiger partial charge in [-0.2, -0.15) is 0 Å². The van der Waals surface area contributed by atoms with Crippen molar-refractivity contribution in [2.24, 2.45) is 5.92 Å². The lowest BCUT2D eigenvalue weighted by atomic mass is 10.1. The van der Waals surface area contributed by atoms with E-state index in [1.54, 1.807) is 4.90 Å². The fourth-order valence-corrected chi connectivity index (χ4v) is 2.72. The van der Waals surface area contributed by atoms with Gasteiger partial charge in [-0.1, -0.05) is 6.07 Å². The molecule has 0 aliphatic carbocycles. The Morgan fingerprint density at radius 3 is 2.45 bits per heavy atom. The molecule has 0 saturated carbocycles. The van der Waals surface area contributed by atoms with Crippen LogP contribution in [0.15, 0.2) is 30.9 Å². The van der Waals surface area contributed by atoms with Crippen LogP contribution in [0, 0.1) is 19.8 Å². The lowest BCUT2D eigenvalue weighted by Crippen LogP contribution is -2.31. The summed E-state index contributed by atoms with van der Waals surface area (Å²) in [5.41, 5.74) is 5.70. The van der Waals surface area contributed by atoms with Crippen LogP contribution in [0.2, 0.25) is 0 Å². The molecule has 1 atom stereocenters. The van der Waals surface area contributed by atoms with E-state index in [4.69, 9.17) is 0 Å². The Labute approximate surface area is 127 Å². The molecule has 1 aliphatic heterocycles. The third-order valence-corrected chi connectivity index (χ3v) is 3.67. The van der Waals surface area contributed by atoms with Gasteiger partial charge in [0.1, 0.15) is 12.7 Å². The second kappa shape index (κ2) is 5.59. The summed E-state index contributed by atoms with van der Waals surface area (Å²) in [6.07, 6.45) is 3.01. The summed E-state index contributed by atoms with van der Waals surface area (Å²) in [5.74, 6) is -0.621. The molecule has 1 aromatic heterocycles. The number of carbonyl (C=O) groups is 2. The number of nitrogens with zero attached hydrogens (tertiary/aromatic N) is 4. The average Bonchev–Trinajstić information content (AvgIpc) is 3.07. The normalized spacial score (nSPS) is 17.8. The Kier molecular flexibility index (Phi) is 3.62. The highest BCUT2D eigenvalue weighted by Gasteiger charge is 2.35. The number of rotatable bonds is 3. The van der Waals surface area contributed by atoms with Crippen LogP contribution in [-0.4, -0.2) is 33.2 Å². The molecule has 1 saturated heterocycles. The molecule has 114 valence electrons. The minimum Gasteiger partial charge on any atom is -0.312 e. The zero-order valence-corrected chi connectivity index (χ0v) is 12.5. The topological polar surface area (TPSA) is 80.1 Å². The van der Waals surface area contributed by atoms with E-state index in [-0.39, 0.29) is 24.2 Å². The van der Waals surface area contributed by atoms with Crippen LogP contribution in [0.5, 0.6) is 0 Å². The second-order valence-corrected chi connectivity index (χ2v) is 5.60. The van der Waals surface area contributed by atoms with Gasteiger partial charge in [0.2, 0.25) is 11.8 Å². The Morgan fingerprint density at radius 2 is 1.82 bits per heavy atom. The maximum atomic E-state index is 12.2. The standard InChI is InChI=1S/C15H17N5O2/c1-10-3-11(2)5-13(4-10)20-7-12(6-14(20)21)15(22)18-19-8-16-17-9-19/h3-5,8-9,12H,6-7H2,1-2H3,(H,18,22). The monoisotopic (exact) mass is 299 g/mol. The van der Waals surface area contributed by atoms with Gasteiger partial charge < -0.3 is 4.90 Å². The largest absolute Gasteiger partial charge is 0.312 e. The third kappa shape index (κ3) is 2.83. The van der Waals surface area contributed by atoms with Crippen LogP contribution in [-0.2, 0) is 9.59 Å². The van der Waals surface area contributed by atoms with Gasteiger partial charge in [-0.15, -0.1) is 10.2 Å². The van der Waals surface area contributed by atoms with E-state index in [0.717, 1.165) is 16.8 Å². The maximum Gasteiger partial charge on any atom is 0.244 e. The van der Waals surface area contributed by atoms with E-state index in [1.165, 1.54) is 17.3 Å². The molecule has 7 nitrogen and oxygen atoms in total. The first-order valence-corrected chi connectivity index (χ1v) is 7.07. The highest BCUT2D eigenvalue weighted by Crippen LogP contribution is 2.27. The third-order valence-electron chi connectivity index (χ3n) is 3.67. The zero-order chi connectivity index (χ0) is 15.7. The SMILES string of the molecule is Cc1cc(C)cc(N2CC(C(=O)Nn3cnnc3)CC2=O)c1. The van der Waals surface area contributed by atoms with Gasteiger partial charge in [-0.3, -0.25) is 15.0 Å². The molecule has 0 spiro atoms. The Balaban J connectivity index is 1.74. The van der Waals surface area contributed by atoms with E-state index >= 15 is 0 Å². The number of hydrogen-bond acceptors (Lipinski definition) is 4. The molecular formula is C15H17N5O2. The second-order valence-electron chi connectivity index (χ2n) is 5.60. The predicted octanol–water partition coefficient (Wildman–Crippen LogP) is 1.02. The van der Waals surface area contributed by atoms with Gasteiger partial charge in [0.05, 0.1) is 5.92 Å². The predicted molar refractivity (Wildman–Crippen MR) is 80.8 cm³/mol. The average molecular weight is 299 g/mol. The van der Waals surface area contributed by atoms with Gasteiger partial charge in [0.25, 0.3) is 0 Å². The number of aromatic nitrogens is 3. The van der Waals surface area contributed by atoms with Crippen molar-refractivity contribution >= 4 is 17.5 Å². The van der Waals surface area contributed by atoms with Gasteiger partial charge in [0, 0.05) is 18.7 Å². The molecule has 22 heavy (non-hydrogen) atoms. The molecule has 1 N–H and O–H groups in total. The van der Waals surface area contributed by atoms with Crippen molar-refractivity contribution in [1.82, 2.24) is 14.9 Å². The van der Waals surface area contributed by atoms with Gasteiger partial charge in [-0.25, -0.2) is 4.68 Å².